The summed E-state index contributed by atoms with van der Waals surface area (Å²) >= 11 is 0. The van der Waals surface area contributed by atoms with E-state index in [9.17, 15) is 23.2 Å². The van der Waals surface area contributed by atoms with E-state index in [1.54, 1.807) is 21.9 Å². The van der Waals surface area contributed by atoms with Gasteiger partial charge in [-0.05, 0) is 55.7 Å². The van der Waals surface area contributed by atoms with Crippen LogP contribution in [0.4, 0.5) is 13.6 Å². The summed E-state index contributed by atoms with van der Waals surface area (Å²) in [5.74, 6) is 0.167. The summed E-state index contributed by atoms with van der Waals surface area (Å²) < 4.78 is 41.0. The number of rotatable bonds is 9. The van der Waals surface area contributed by atoms with Crippen molar-refractivity contribution in [3.05, 3.63) is 23.8 Å². The third kappa shape index (κ3) is 7.01. The Morgan fingerprint density at radius 3 is 2.46 bits per heavy atom. The van der Waals surface area contributed by atoms with Crippen LogP contribution in [0, 0.1) is 11.8 Å². The molecule has 3 fully saturated rings. The normalized spacial score (nSPS) is 22.2. The van der Waals surface area contributed by atoms with Crippen molar-refractivity contribution in [2.45, 2.75) is 57.6 Å². The molecule has 0 aromatic heterocycles. The molecule has 2 aliphatic heterocycles. The zero-order valence-electron chi connectivity index (χ0n) is 21.3. The number of piperidine rings is 1. The second kappa shape index (κ2) is 12.0. The van der Waals surface area contributed by atoms with Crippen LogP contribution in [-0.4, -0.2) is 80.3 Å². The number of likely N-dealkylation sites (tertiary alicyclic amines) is 2. The summed E-state index contributed by atoms with van der Waals surface area (Å²) in [4.78, 5) is 40.2. The van der Waals surface area contributed by atoms with Gasteiger partial charge in [0, 0.05) is 45.1 Å². The number of urea groups is 1. The fraction of sp³-hybridized carbons (Fsp3) is 0.654. The van der Waals surface area contributed by atoms with Crippen LogP contribution in [0.5, 0.6) is 11.5 Å². The Kier molecular flexibility index (Phi) is 8.71. The lowest BCUT2D eigenvalue weighted by Crippen LogP contribution is -2.49. The topological polar surface area (TPSA) is 97.4 Å². The van der Waals surface area contributed by atoms with Crippen LogP contribution in [0.3, 0.4) is 0 Å². The van der Waals surface area contributed by atoms with Gasteiger partial charge in [0.15, 0.2) is 11.5 Å². The summed E-state index contributed by atoms with van der Waals surface area (Å²) in [5.41, 5.74) is 0.873. The second-order valence-electron chi connectivity index (χ2n) is 10.1. The van der Waals surface area contributed by atoms with E-state index in [0.717, 1.165) is 18.4 Å². The average Bonchev–Trinajstić information content (AvgIpc) is 3.62. The molecule has 37 heavy (non-hydrogen) atoms. The molecule has 3 aliphatic rings. The SMILES string of the molecule is COC(=O)C1CCN(C(=O)NC[C@H]2CC(c3ccc(OC(F)F)c(OCC4CC4)c3)CN2C(C)=O)CC1. The molecule has 1 aliphatic carbocycles. The lowest BCUT2D eigenvalue weighted by molar-refractivity contribution is -0.146. The first-order chi connectivity index (χ1) is 17.7. The van der Waals surface area contributed by atoms with Gasteiger partial charge in [-0.25, -0.2) is 4.79 Å². The fourth-order valence-corrected chi connectivity index (χ4v) is 5.12. The highest BCUT2D eigenvalue weighted by Gasteiger charge is 2.36. The number of nitrogens with one attached hydrogen (secondary N) is 1. The lowest BCUT2D eigenvalue weighted by atomic mass is 9.96. The summed E-state index contributed by atoms with van der Waals surface area (Å²) in [6, 6.07) is 4.54. The summed E-state index contributed by atoms with van der Waals surface area (Å²) in [6.07, 6.45) is 3.86. The number of hydrogen-bond acceptors (Lipinski definition) is 6. The molecule has 1 aromatic rings. The second-order valence-corrected chi connectivity index (χ2v) is 10.1. The van der Waals surface area contributed by atoms with Crippen LogP contribution in [0.1, 0.15) is 50.5 Å². The third-order valence-corrected chi connectivity index (χ3v) is 7.45. The van der Waals surface area contributed by atoms with Crippen molar-refractivity contribution in [1.82, 2.24) is 15.1 Å². The van der Waals surface area contributed by atoms with E-state index in [1.165, 1.54) is 20.1 Å². The number of halogens is 2. The van der Waals surface area contributed by atoms with Gasteiger partial charge in [-0.1, -0.05) is 6.07 Å². The molecule has 1 aromatic carbocycles. The average molecular weight is 524 g/mol. The molecule has 2 heterocycles. The van der Waals surface area contributed by atoms with Gasteiger partial charge in [0.05, 0.1) is 19.6 Å². The highest BCUT2D eigenvalue weighted by atomic mass is 19.3. The highest BCUT2D eigenvalue weighted by Crippen LogP contribution is 2.38. The van der Waals surface area contributed by atoms with E-state index < -0.39 is 6.61 Å². The zero-order chi connectivity index (χ0) is 26.5. The van der Waals surface area contributed by atoms with Gasteiger partial charge in [-0.2, -0.15) is 8.78 Å². The van der Waals surface area contributed by atoms with Crippen LogP contribution in [-0.2, 0) is 14.3 Å². The molecule has 1 N–H and O–H groups in total. The van der Waals surface area contributed by atoms with Crippen molar-refractivity contribution in [3.63, 3.8) is 0 Å². The van der Waals surface area contributed by atoms with Crippen molar-refractivity contribution in [2.75, 3.05) is 39.9 Å². The Morgan fingerprint density at radius 1 is 1.11 bits per heavy atom. The largest absolute Gasteiger partial charge is 0.489 e. The number of esters is 1. The van der Waals surface area contributed by atoms with Crippen LogP contribution in [0.2, 0.25) is 0 Å². The molecule has 0 bridgehead atoms. The molecule has 11 heteroatoms. The van der Waals surface area contributed by atoms with Crippen molar-refractivity contribution in [2.24, 2.45) is 11.8 Å². The van der Waals surface area contributed by atoms with Crippen molar-refractivity contribution < 1.29 is 37.4 Å². The number of ether oxygens (including phenoxy) is 3. The molecule has 0 radical (unpaired) electrons. The molecule has 2 saturated heterocycles. The molecule has 204 valence electrons. The number of alkyl halides is 2. The van der Waals surface area contributed by atoms with Gasteiger partial charge in [0.1, 0.15) is 0 Å². The standard InChI is InChI=1S/C26H35F2N3O6/c1-16(32)31-14-20(19-5-6-22(37-25(27)28)23(12-19)36-15-17-3-4-17)11-21(31)13-29-26(34)30-9-7-18(8-10-30)24(33)35-2/h5-6,12,17-18,20-21,25H,3-4,7-11,13-15H2,1-2H3,(H,29,34)/t20?,21-/m1/s1. The minimum Gasteiger partial charge on any atom is -0.489 e. The molecule has 4 rings (SSSR count). The van der Waals surface area contributed by atoms with Crippen LogP contribution >= 0.6 is 0 Å². The molecule has 3 amide bonds. The van der Waals surface area contributed by atoms with Gasteiger partial charge >= 0.3 is 18.6 Å². The molecular formula is C26H35F2N3O6. The monoisotopic (exact) mass is 523 g/mol. The fourth-order valence-electron chi connectivity index (χ4n) is 5.12. The predicted octanol–water partition coefficient (Wildman–Crippen LogP) is 3.38. The van der Waals surface area contributed by atoms with Crippen LogP contribution < -0.4 is 14.8 Å². The Morgan fingerprint density at radius 2 is 1.84 bits per heavy atom. The van der Waals surface area contributed by atoms with Gasteiger partial charge in [0.2, 0.25) is 5.91 Å². The van der Waals surface area contributed by atoms with E-state index >= 15 is 0 Å². The zero-order valence-corrected chi connectivity index (χ0v) is 21.3. The number of carbonyl (C=O) groups excluding carboxylic acids is 3. The van der Waals surface area contributed by atoms with E-state index in [1.807, 2.05) is 0 Å². The predicted molar refractivity (Wildman–Crippen MR) is 130 cm³/mol. The number of methoxy groups -OCH3 is 1. The number of benzene rings is 1. The van der Waals surface area contributed by atoms with Crippen LogP contribution in [0.15, 0.2) is 18.2 Å². The first kappa shape index (κ1) is 26.9. The summed E-state index contributed by atoms with van der Waals surface area (Å²) in [6.45, 7) is 0.684. The van der Waals surface area contributed by atoms with Gasteiger partial charge in [-0.15, -0.1) is 0 Å². The van der Waals surface area contributed by atoms with E-state index in [0.29, 0.717) is 58.0 Å². The Balaban J connectivity index is 1.36. The Hall–Kier alpha value is -3.11. The van der Waals surface area contributed by atoms with Crippen molar-refractivity contribution in [1.29, 1.82) is 0 Å². The number of amides is 3. The minimum absolute atomic E-state index is 0.000559. The summed E-state index contributed by atoms with van der Waals surface area (Å²) in [7, 11) is 1.37. The Labute approximate surface area is 215 Å². The minimum atomic E-state index is -2.95. The molecule has 1 saturated carbocycles. The quantitative estimate of drug-likeness (QED) is 0.499. The highest BCUT2D eigenvalue weighted by molar-refractivity contribution is 5.77. The first-order valence-corrected chi connectivity index (χ1v) is 12.8. The Bertz CT molecular complexity index is 981. The lowest BCUT2D eigenvalue weighted by Gasteiger charge is -2.31. The van der Waals surface area contributed by atoms with E-state index in [4.69, 9.17) is 9.47 Å². The first-order valence-electron chi connectivity index (χ1n) is 12.8. The molecule has 9 nitrogen and oxygen atoms in total. The van der Waals surface area contributed by atoms with Gasteiger partial charge < -0.3 is 29.3 Å². The molecular weight excluding hydrogens is 488 g/mol. The summed E-state index contributed by atoms with van der Waals surface area (Å²) in [5, 5.41) is 2.94. The molecule has 0 spiro atoms. The smallest absolute Gasteiger partial charge is 0.387 e. The molecule has 1 unspecified atom stereocenters. The van der Waals surface area contributed by atoms with Gasteiger partial charge in [-0.3, -0.25) is 9.59 Å². The molecule has 2 atom stereocenters. The van der Waals surface area contributed by atoms with Crippen LogP contribution in [0.25, 0.3) is 0 Å². The number of nitrogens with zero attached hydrogens (tertiary/aromatic N) is 2. The van der Waals surface area contributed by atoms with Crippen molar-refractivity contribution >= 4 is 17.9 Å². The number of hydrogen-bond donors (Lipinski definition) is 1. The third-order valence-electron chi connectivity index (χ3n) is 7.45. The maximum atomic E-state index is 12.9. The van der Waals surface area contributed by atoms with E-state index in [-0.39, 0.29) is 47.3 Å². The maximum absolute atomic E-state index is 12.9. The maximum Gasteiger partial charge on any atom is 0.387 e. The van der Waals surface area contributed by atoms with E-state index in [2.05, 4.69) is 10.1 Å². The van der Waals surface area contributed by atoms with Gasteiger partial charge in [0.25, 0.3) is 0 Å². The van der Waals surface area contributed by atoms with Crippen molar-refractivity contribution in [3.8, 4) is 11.5 Å². The number of carbonyl (C=O) groups is 3.